The Kier molecular flexibility index (Phi) is 6.08. The van der Waals surface area contributed by atoms with Crippen molar-refractivity contribution in [2.45, 2.75) is 31.2 Å². The first-order chi connectivity index (χ1) is 10.5. The number of thioether (sulfide) groups is 1. The minimum Gasteiger partial charge on any atom is -0.355 e. The Morgan fingerprint density at radius 2 is 2.00 bits per heavy atom. The van der Waals surface area contributed by atoms with Crippen molar-refractivity contribution in [1.29, 1.82) is 0 Å². The minimum absolute atomic E-state index is 0.0454. The fourth-order valence-corrected chi connectivity index (χ4v) is 3.01. The highest BCUT2D eigenvalue weighted by Crippen LogP contribution is 2.25. The monoisotopic (exact) mass is 381 g/mol. The van der Waals surface area contributed by atoms with Crippen LogP contribution in [-0.4, -0.2) is 27.3 Å². The molecule has 0 aliphatic rings. The van der Waals surface area contributed by atoms with Crippen LogP contribution >= 0.6 is 27.7 Å². The molecule has 0 bridgehead atoms. The second-order valence-corrected chi connectivity index (χ2v) is 7.68. The standard InChI is InChI=1S/C16H20BrN3OS/c1-11(2)10-19-15(21)12(3)22-16-18-8-9-20(16)14-6-4-13(17)5-7-14/h4-9,11-12H,10H2,1-3H3,(H,19,21). The average molecular weight is 382 g/mol. The molecule has 1 atom stereocenters. The van der Waals surface area contributed by atoms with E-state index in [1.54, 1.807) is 6.20 Å². The number of carbonyl (C=O) groups is 1. The molecule has 1 amide bonds. The lowest BCUT2D eigenvalue weighted by Crippen LogP contribution is -2.33. The fraction of sp³-hybridized carbons (Fsp3) is 0.375. The third kappa shape index (κ3) is 4.61. The third-order valence-electron chi connectivity index (χ3n) is 3.05. The van der Waals surface area contributed by atoms with Crippen molar-refractivity contribution in [3.8, 4) is 5.69 Å². The van der Waals surface area contributed by atoms with Gasteiger partial charge in [0.1, 0.15) is 0 Å². The quantitative estimate of drug-likeness (QED) is 0.772. The highest BCUT2D eigenvalue weighted by atomic mass is 79.9. The smallest absolute Gasteiger partial charge is 0.233 e. The number of imidazole rings is 1. The zero-order valence-electron chi connectivity index (χ0n) is 12.9. The molecule has 1 aromatic heterocycles. The molecular weight excluding hydrogens is 362 g/mol. The van der Waals surface area contributed by atoms with E-state index in [1.165, 1.54) is 11.8 Å². The van der Waals surface area contributed by atoms with Crippen LogP contribution in [0.25, 0.3) is 5.69 Å². The Hall–Kier alpha value is -1.27. The van der Waals surface area contributed by atoms with Crippen LogP contribution in [0.15, 0.2) is 46.3 Å². The van der Waals surface area contributed by atoms with Crippen molar-refractivity contribution >= 4 is 33.6 Å². The van der Waals surface area contributed by atoms with Gasteiger partial charge in [0.2, 0.25) is 5.91 Å². The maximum absolute atomic E-state index is 12.1. The van der Waals surface area contributed by atoms with Gasteiger partial charge in [0.05, 0.1) is 5.25 Å². The van der Waals surface area contributed by atoms with Crippen molar-refractivity contribution in [2.75, 3.05) is 6.54 Å². The van der Waals surface area contributed by atoms with Gasteiger partial charge in [0, 0.05) is 29.1 Å². The first-order valence-corrected chi connectivity index (χ1v) is 8.88. The van der Waals surface area contributed by atoms with Crippen LogP contribution in [-0.2, 0) is 4.79 Å². The molecule has 4 nitrogen and oxygen atoms in total. The summed E-state index contributed by atoms with van der Waals surface area (Å²) in [5, 5.41) is 3.59. The number of halogens is 1. The highest BCUT2D eigenvalue weighted by Gasteiger charge is 2.17. The summed E-state index contributed by atoms with van der Waals surface area (Å²) in [7, 11) is 0. The molecule has 1 aromatic carbocycles. The summed E-state index contributed by atoms with van der Waals surface area (Å²) in [6.45, 7) is 6.77. The number of amides is 1. The number of benzene rings is 1. The zero-order valence-corrected chi connectivity index (χ0v) is 15.3. The van der Waals surface area contributed by atoms with E-state index in [2.05, 4.69) is 40.1 Å². The van der Waals surface area contributed by atoms with Crippen LogP contribution in [0.1, 0.15) is 20.8 Å². The summed E-state index contributed by atoms with van der Waals surface area (Å²) in [6, 6.07) is 8.00. The molecule has 0 radical (unpaired) electrons. The summed E-state index contributed by atoms with van der Waals surface area (Å²) in [4.78, 5) is 16.5. The summed E-state index contributed by atoms with van der Waals surface area (Å²) in [5.41, 5.74) is 1.03. The number of carbonyl (C=O) groups excluding carboxylic acids is 1. The van der Waals surface area contributed by atoms with Gasteiger partial charge in [-0.05, 0) is 37.1 Å². The summed E-state index contributed by atoms with van der Waals surface area (Å²) in [5.74, 6) is 0.495. The van der Waals surface area contributed by atoms with Crippen LogP contribution in [0.3, 0.4) is 0 Å². The molecule has 2 aromatic rings. The molecule has 1 heterocycles. The molecule has 0 fully saturated rings. The maximum Gasteiger partial charge on any atom is 0.233 e. The van der Waals surface area contributed by atoms with E-state index in [0.717, 1.165) is 15.3 Å². The molecule has 6 heteroatoms. The number of hydrogen-bond donors (Lipinski definition) is 1. The molecule has 1 N–H and O–H groups in total. The largest absolute Gasteiger partial charge is 0.355 e. The number of rotatable bonds is 6. The minimum atomic E-state index is -0.185. The lowest BCUT2D eigenvalue weighted by atomic mass is 10.2. The van der Waals surface area contributed by atoms with E-state index in [0.29, 0.717) is 12.5 Å². The van der Waals surface area contributed by atoms with E-state index in [4.69, 9.17) is 0 Å². The van der Waals surface area contributed by atoms with Gasteiger partial charge in [0.25, 0.3) is 0 Å². The lowest BCUT2D eigenvalue weighted by Gasteiger charge is -2.14. The molecule has 118 valence electrons. The van der Waals surface area contributed by atoms with Crippen LogP contribution in [0, 0.1) is 5.92 Å². The van der Waals surface area contributed by atoms with E-state index in [9.17, 15) is 4.79 Å². The van der Waals surface area contributed by atoms with Crippen molar-refractivity contribution in [2.24, 2.45) is 5.92 Å². The number of nitrogens with one attached hydrogen (secondary N) is 1. The summed E-state index contributed by atoms with van der Waals surface area (Å²) < 4.78 is 3.02. The molecule has 2 rings (SSSR count). The predicted molar refractivity (Wildman–Crippen MR) is 94.4 cm³/mol. The second-order valence-electron chi connectivity index (χ2n) is 5.46. The molecule has 0 saturated carbocycles. The van der Waals surface area contributed by atoms with Gasteiger partial charge in [-0.1, -0.05) is 41.5 Å². The van der Waals surface area contributed by atoms with Crippen molar-refractivity contribution in [1.82, 2.24) is 14.9 Å². The van der Waals surface area contributed by atoms with Gasteiger partial charge < -0.3 is 5.32 Å². The van der Waals surface area contributed by atoms with Gasteiger partial charge in [-0.25, -0.2) is 4.98 Å². The number of hydrogen-bond acceptors (Lipinski definition) is 3. The van der Waals surface area contributed by atoms with Crippen LogP contribution in [0.5, 0.6) is 0 Å². The van der Waals surface area contributed by atoms with E-state index in [-0.39, 0.29) is 11.2 Å². The fourth-order valence-electron chi connectivity index (χ4n) is 1.84. The number of aromatic nitrogens is 2. The Morgan fingerprint density at radius 3 is 2.64 bits per heavy atom. The van der Waals surface area contributed by atoms with Crippen LogP contribution < -0.4 is 5.32 Å². The third-order valence-corrected chi connectivity index (χ3v) is 4.66. The van der Waals surface area contributed by atoms with Gasteiger partial charge >= 0.3 is 0 Å². The molecule has 0 spiro atoms. The Labute approximate surface area is 143 Å². The molecule has 0 saturated heterocycles. The van der Waals surface area contributed by atoms with Gasteiger partial charge in [-0.3, -0.25) is 9.36 Å². The first-order valence-electron chi connectivity index (χ1n) is 7.21. The highest BCUT2D eigenvalue weighted by molar-refractivity contribution is 9.10. The van der Waals surface area contributed by atoms with E-state index < -0.39 is 0 Å². The first kappa shape index (κ1) is 17.1. The van der Waals surface area contributed by atoms with Crippen molar-refractivity contribution < 1.29 is 4.79 Å². The van der Waals surface area contributed by atoms with Crippen LogP contribution in [0.4, 0.5) is 0 Å². The lowest BCUT2D eigenvalue weighted by molar-refractivity contribution is -0.120. The van der Waals surface area contributed by atoms with Crippen LogP contribution in [0.2, 0.25) is 0 Å². The number of nitrogens with zero attached hydrogens (tertiary/aromatic N) is 2. The maximum atomic E-state index is 12.1. The average Bonchev–Trinajstić information content (AvgIpc) is 2.93. The molecular formula is C16H20BrN3OS. The van der Waals surface area contributed by atoms with Crippen molar-refractivity contribution in [3.05, 3.63) is 41.1 Å². The molecule has 0 aliphatic heterocycles. The van der Waals surface area contributed by atoms with Gasteiger partial charge in [0.15, 0.2) is 5.16 Å². The molecule has 0 aliphatic carbocycles. The SMILES string of the molecule is CC(C)CNC(=O)C(C)Sc1nccn1-c1ccc(Br)cc1. The predicted octanol–water partition coefficient (Wildman–Crippen LogP) is 3.89. The Bertz CT molecular complexity index is 625. The molecule has 1 unspecified atom stereocenters. The normalized spacial score (nSPS) is 12.4. The summed E-state index contributed by atoms with van der Waals surface area (Å²) >= 11 is 4.90. The van der Waals surface area contributed by atoms with E-state index in [1.807, 2.05) is 42.0 Å². The Balaban J connectivity index is 2.06. The topological polar surface area (TPSA) is 46.9 Å². The van der Waals surface area contributed by atoms with E-state index >= 15 is 0 Å². The van der Waals surface area contributed by atoms with Gasteiger partial charge in [-0.2, -0.15) is 0 Å². The second kappa shape index (κ2) is 7.83. The molecule has 22 heavy (non-hydrogen) atoms. The Morgan fingerprint density at radius 1 is 1.32 bits per heavy atom. The van der Waals surface area contributed by atoms with Crippen molar-refractivity contribution in [3.63, 3.8) is 0 Å². The van der Waals surface area contributed by atoms with Gasteiger partial charge in [-0.15, -0.1) is 0 Å². The summed E-state index contributed by atoms with van der Waals surface area (Å²) in [6.07, 6.45) is 3.66. The zero-order chi connectivity index (χ0) is 16.1.